The molecule has 0 aromatic heterocycles. The number of hydrogen-bond donors (Lipinski definition) is 0. The van der Waals surface area contributed by atoms with Crippen LogP contribution in [0.2, 0.25) is 0 Å². The van der Waals surface area contributed by atoms with Crippen LogP contribution in [0.3, 0.4) is 0 Å². The van der Waals surface area contributed by atoms with Gasteiger partial charge >= 0.3 is 24.0 Å². The van der Waals surface area contributed by atoms with E-state index in [1.54, 1.807) is 20.8 Å². The van der Waals surface area contributed by atoms with Gasteiger partial charge in [-0.2, -0.15) is 22.0 Å². The van der Waals surface area contributed by atoms with Gasteiger partial charge in [-0.1, -0.05) is 6.92 Å². The highest BCUT2D eigenvalue weighted by Gasteiger charge is 2.58. The highest BCUT2D eigenvalue weighted by Crippen LogP contribution is 2.40. The average molecular weight is 374 g/mol. The minimum atomic E-state index is -5.80. The minimum Gasteiger partial charge on any atom is -0.459 e. The standard InChI is InChI=1S/C16H23F5O4/c1-4-13(2,3)12(23)25-14(7-5-6-8-14)9-11(22)24-10-15(17,18)16(19,20)21/h4-10H2,1-3H3. The summed E-state index contributed by atoms with van der Waals surface area (Å²) in [5.74, 6) is -6.90. The molecule has 0 aliphatic heterocycles. The number of alkyl halides is 5. The van der Waals surface area contributed by atoms with Crippen molar-refractivity contribution in [3.8, 4) is 0 Å². The zero-order valence-electron chi connectivity index (χ0n) is 14.5. The van der Waals surface area contributed by atoms with Gasteiger partial charge in [-0.25, -0.2) is 0 Å². The molecule has 0 saturated heterocycles. The van der Waals surface area contributed by atoms with Crippen molar-refractivity contribution in [1.82, 2.24) is 0 Å². The fourth-order valence-electron chi connectivity index (χ4n) is 2.38. The molecule has 0 unspecified atom stereocenters. The molecule has 146 valence electrons. The fraction of sp³-hybridized carbons (Fsp3) is 0.875. The van der Waals surface area contributed by atoms with Gasteiger partial charge in [0.15, 0.2) is 6.61 Å². The summed E-state index contributed by atoms with van der Waals surface area (Å²) in [4.78, 5) is 24.0. The van der Waals surface area contributed by atoms with Crippen molar-refractivity contribution < 1.29 is 41.0 Å². The zero-order valence-corrected chi connectivity index (χ0v) is 14.5. The maximum absolute atomic E-state index is 12.8. The average Bonchev–Trinajstić information content (AvgIpc) is 2.92. The van der Waals surface area contributed by atoms with Gasteiger partial charge in [-0.15, -0.1) is 0 Å². The van der Waals surface area contributed by atoms with Crippen molar-refractivity contribution in [2.75, 3.05) is 6.61 Å². The molecular weight excluding hydrogens is 351 g/mol. The van der Waals surface area contributed by atoms with Crippen LogP contribution in [-0.2, 0) is 19.1 Å². The summed E-state index contributed by atoms with van der Waals surface area (Å²) in [7, 11) is 0. The van der Waals surface area contributed by atoms with E-state index in [1.807, 2.05) is 0 Å². The Morgan fingerprint density at radius 1 is 1.04 bits per heavy atom. The predicted molar refractivity (Wildman–Crippen MR) is 77.9 cm³/mol. The van der Waals surface area contributed by atoms with Crippen molar-refractivity contribution in [3.63, 3.8) is 0 Å². The van der Waals surface area contributed by atoms with Gasteiger partial charge in [-0.05, 0) is 46.0 Å². The Morgan fingerprint density at radius 2 is 1.56 bits per heavy atom. The number of ether oxygens (including phenoxy) is 2. The first-order valence-electron chi connectivity index (χ1n) is 8.08. The van der Waals surface area contributed by atoms with Gasteiger partial charge in [0.05, 0.1) is 11.8 Å². The van der Waals surface area contributed by atoms with Crippen molar-refractivity contribution in [2.45, 2.75) is 77.0 Å². The van der Waals surface area contributed by atoms with E-state index in [0.717, 1.165) is 0 Å². The van der Waals surface area contributed by atoms with E-state index in [-0.39, 0.29) is 0 Å². The molecular formula is C16H23F5O4. The van der Waals surface area contributed by atoms with E-state index in [4.69, 9.17) is 4.74 Å². The molecule has 1 fully saturated rings. The summed E-state index contributed by atoms with van der Waals surface area (Å²) < 4.78 is 71.5. The molecule has 0 radical (unpaired) electrons. The van der Waals surface area contributed by atoms with Crippen molar-refractivity contribution in [1.29, 1.82) is 0 Å². The molecule has 0 aromatic rings. The minimum absolute atomic E-state index is 0.337. The van der Waals surface area contributed by atoms with Crippen LogP contribution < -0.4 is 0 Å². The normalized spacial score (nSPS) is 18.1. The van der Waals surface area contributed by atoms with Gasteiger partial charge in [0.2, 0.25) is 0 Å². The number of hydrogen-bond acceptors (Lipinski definition) is 4. The largest absolute Gasteiger partial charge is 0.459 e. The molecule has 1 saturated carbocycles. The van der Waals surface area contributed by atoms with Gasteiger partial charge < -0.3 is 9.47 Å². The Labute approximate surface area is 143 Å². The van der Waals surface area contributed by atoms with Crippen LogP contribution in [-0.4, -0.2) is 36.2 Å². The number of esters is 2. The number of halogens is 5. The Morgan fingerprint density at radius 3 is 2.00 bits per heavy atom. The topological polar surface area (TPSA) is 52.6 Å². The van der Waals surface area contributed by atoms with Crippen LogP contribution in [0.1, 0.15) is 59.3 Å². The lowest BCUT2D eigenvalue weighted by Crippen LogP contribution is -2.43. The van der Waals surface area contributed by atoms with Crippen LogP contribution in [0, 0.1) is 5.41 Å². The molecule has 0 bridgehead atoms. The number of rotatable bonds is 7. The van der Waals surface area contributed by atoms with Crippen molar-refractivity contribution in [2.24, 2.45) is 5.41 Å². The first-order valence-corrected chi connectivity index (χ1v) is 8.08. The van der Waals surface area contributed by atoms with Gasteiger partial charge in [-0.3, -0.25) is 9.59 Å². The predicted octanol–water partition coefficient (Wildman–Crippen LogP) is 4.41. The lowest BCUT2D eigenvalue weighted by Gasteiger charge is -2.32. The second-order valence-corrected chi connectivity index (χ2v) is 7.06. The third-order valence-corrected chi connectivity index (χ3v) is 4.56. The Balaban J connectivity index is 2.72. The zero-order chi connectivity index (χ0) is 19.5. The summed E-state index contributed by atoms with van der Waals surface area (Å²) in [6.45, 7) is 3.04. The Bertz CT molecular complexity index is 493. The highest BCUT2D eigenvalue weighted by molar-refractivity contribution is 5.77. The highest BCUT2D eigenvalue weighted by atomic mass is 19.4. The Kier molecular flexibility index (Phi) is 6.45. The SMILES string of the molecule is CCC(C)(C)C(=O)OC1(CC(=O)OCC(F)(F)C(F)(F)F)CCCC1. The fourth-order valence-corrected chi connectivity index (χ4v) is 2.38. The van der Waals surface area contributed by atoms with E-state index < -0.39 is 48.1 Å². The van der Waals surface area contributed by atoms with E-state index >= 15 is 0 Å². The van der Waals surface area contributed by atoms with Gasteiger partial charge in [0.25, 0.3) is 0 Å². The molecule has 1 aliphatic carbocycles. The van der Waals surface area contributed by atoms with Crippen molar-refractivity contribution in [3.05, 3.63) is 0 Å². The third-order valence-electron chi connectivity index (χ3n) is 4.56. The molecule has 1 rings (SSSR count). The lowest BCUT2D eigenvalue weighted by molar-refractivity contribution is -0.294. The third kappa shape index (κ3) is 5.54. The van der Waals surface area contributed by atoms with Crippen LogP contribution in [0.5, 0.6) is 0 Å². The smallest absolute Gasteiger partial charge is 0.456 e. The number of carbonyl (C=O) groups is 2. The van der Waals surface area contributed by atoms with Crippen LogP contribution in [0.15, 0.2) is 0 Å². The van der Waals surface area contributed by atoms with E-state index in [2.05, 4.69) is 4.74 Å². The maximum atomic E-state index is 12.8. The second-order valence-electron chi connectivity index (χ2n) is 7.06. The molecule has 0 amide bonds. The Hall–Kier alpha value is -1.41. The van der Waals surface area contributed by atoms with Crippen LogP contribution in [0.4, 0.5) is 22.0 Å². The summed E-state index contributed by atoms with van der Waals surface area (Å²) in [5.41, 5.74) is -1.99. The van der Waals surface area contributed by atoms with Gasteiger partial charge in [0.1, 0.15) is 5.60 Å². The summed E-state index contributed by atoms with van der Waals surface area (Å²) in [6, 6.07) is 0. The monoisotopic (exact) mass is 374 g/mol. The van der Waals surface area contributed by atoms with Crippen molar-refractivity contribution >= 4 is 11.9 Å². The molecule has 0 N–H and O–H groups in total. The molecule has 4 nitrogen and oxygen atoms in total. The molecule has 0 spiro atoms. The lowest BCUT2D eigenvalue weighted by atomic mass is 9.89. The quantitative estimate of drug-likeness (QED) is 0.489. The van der Waals surface area contributed by atoms with E-state index in [1.165, 1.54) is 0 Å². The second kappa shape index (κ2) is 7.45. The first kappa shape index (κ1) is 21.6. The van der Waals surface area contributed by atoms with E-state index in [9.17, 15) is 31.5 Å². The molecule has 0 atom stereocenters. The first-order chi connectivity index (χ1) is 11.2. The van der Waals surface area contributed by atoms with Gasteiger partial charge in [0, 0.05) is 0 Å². The van der Waals surface area contributed by atoms with Crippen LogP contribution in [0.25, 0.3) is 0 Å². The summed E-state index contributed by atoms with van der Waals surface area (Å²) >= 11 is 0. The molecule has 9 heteroatoms. The maximum Gasteiger partial charge on any atom is 0.456 e. The number of carbonyl (C=O) groups excluding carboxylic acids is 2. The molecule has 25 heavy (non-hydrogen) atoms. The molecule has 1 aliphatic rings. The van der Waals surface area contributed by atoms with E-state index in [0.29, 0.717) is 32.1 Å². The molecule has 0 heterocycles. The molecule has 0 aromatic carbocycles. The van der Waals surface area contributed by atoms with Crippen LogP contribution >= 0.6 is 0 Å². The summed E-state index contributed by atoms with van der Waals surface area (Å²) in [5, 5.41) is 0. The summed E-state index contributed by atoms with van der Waals surface area (Å²) in [6.07, 6.45) is -3.85.